The van der Waals surface area contributed by atoms with E-state index < -0.39 is 0 Å². The van der Waals surface area contributed by atoms with Crippen molar-refractivity contribution < 1.29 is 9.53 Å². The Kier molecular flexibility index (Phi) is 7.38. The molecule has 0 radical (unpaired) electrons. The van der Waals surface area contributed by atoms with E-state index in [1.807, 2.05) is 66.7 Å². The molecule has 178 valence electrons. The molecule has 5 rings (SSSR count). The highest BCUT2D eigenvalue weighted by molar-refractivity contribution is 7.99. The largest absolute Gasteiger partial charge is 0.455 e. The van der Waals surface area contributed by atoms with Crippen molar-refractivity contribution in [1.29, 1.82) is 0 Å². The van der Waals surface area contributed by atoms with Crippen LogP contribution in [0.3, 0.4) is 0 Å². The topological polar surface area (TPSA) is 81.9 Å². The molecule has 0 atom stereocenters. The van der Waals surface area contributed by atoms with Crippen LogP contribution in [0.5, 0.6) is 11.5 Å². The van der Waals surface area contributed by atoms with Crippen molar-refractivity contribution in [3.05, 3.63) is 79.1 Å². The van der Waals surface area contributed by atoms with Crippen molar-refractivity contribution in [3.63, 3.8) is 0 Å². The number of para-hydroxylation sites is 3. The predicted octanol–water partition coefficient (Wildman–Crippen LogP) is 6.37. The van der Waals surface area contributed by atoms with Crippen LogP contribution in [0.4, 0.5) is 5.69 Å². The van der Waals surface area contributed by atoms with Crippen molar-refractivity contribution in [2.45, 2.75) is 43.3 Å². The van der Waals surface area contributed by atoms with Crippen molar-refractivity contribution in [3.8, 4) is 22.9 Å². The van der Waals surface area contributed by atoms with E-state index in [0.717, 1.165) is 29.4 Å². The average Bonchev–Trinajstić information content (AvgIpc) is 3.34. The summed E-state index contributed by atoms with van der Waals surface area (Å²) in [5.74, 6) is 2.25. The lowest BCUT2D eigenvalue weighted by Gasteiger charge is -2.25. The average molecular weight is 486 g/mol. The number of nitrogens with one attached hydrogen (secondary N) is 1. The van der Waals surface area contributed by atoms with Crippen LogP contribution in [0.2, 0.25) is 0 Å². The van der Waals surface area contributed by atoms with Gasteiger partial charge in [-0.1, -0.05) is 61.4 Å². The van der Waals surface area contributed by atoms with Gasteiger partial charge in [0.15, 0.2) is 16.7 Å². The molecule has 1 fully saturated rings. The Morgan fingerprint density at radius 2 is 1.69 bits per heavy atom. The molecule has 7 nitrogen and oxygen atoms in total. The Morgan fingerprint density at radius 3 is 2.49 bits per heavy atom. The summed E-state index contributed by atoms with van der Waals surface area (Å²) in [7, 11) is 0. The number of aromatic nitrogens is 4. The van der Waals surface area contributed by atoms with E-state index in [1.54, 1.807) is 12.4 Å². The zero-order chi connectivity index (χ0) is 23.9. The third-order valence-corrected chi connectivity index (χ3v) is 6.95. The van der Waals surface area contributed by atoms with Crippen LogP contribution in [0.15, 0.2) is 84.3 Å². The van der Waals surface area contributed by atoms with Crippen molar-refractivity contribution >= 4 is 23.4 Å². The first-order valence-corrected chi connectivity index (χ1v) is 12.9. The highest BCUT2D eigenvalue weighted by atomic mass is 32.2. The summed E-state index contributed by atoms with van der Waals surface area (Å²) in [5.41, 5.74) is 1.62. The van der Waals surface area contributed by atoms with Gasteiger partial charge in [0, 0.05) is 24.0 Å². The van der Waals surface area contributed by atoms with E-state index in [2.05, 4.69) is 25.1 Å². The highest BCUT2D eigenvalue weighted by Crippen LogP contribution is 2.36. The molecule has 0 unspecified atom stereocenters. The molecular weight excluding hydrogens is 458 g/mol. The number of hydrogen-bond acceptors (Lipinski definition) is 6. The number of thioether (sulfide) groups is 1. The highest BCUT2D eigenvalue weighted by Gasteiger charge is 2.24. The van der Waals surface area contributed by atoms with E-state index in [-0.39, 0.29) is 11.7 Å². The molecule has 1 N–H and O–H groups in total. The standard InChI is InChI=1S/C27H27N5O2S/c33-25(29-23-13-7-8-14-24(23)34-22-11-5-2-6-12-22)19-35-27-31-30-26(20-15-17-28-18-16-20)32(27)21-9-3-1-4-10-21/h2,5-8,11-18,21H,1,3-4,9-10,19H2,(H,29,33). The van der Waals surface area contributed by atoms with E-state index in [1.165, 1.54) is 31.0 Å². The fourth-order valence-electron chi connectivity index (χ4n) is 4.33. The molecular formula is C27H27N5O2S. The number of pyridine rings is 1. The maximum Gasteiger partial charge on any atom is 0.234 e. The molecule has 0 spiro atoms. The quantitative estimate of drug-likeness (QED) is 0.292. The van der Waals surface area contributed by atoms with Crippen LogP contribution in [0.1, 0.15) is 38.1 Å². The van der Waals surface area contributed by atoms with Gasteiger partial charge in [-0.2, -0.15) is 0 Å². The molecule has 1 saturated carbocycles. The molecule has 35 heavy (non-hydrogen) atoms. The van der Waals surface area contributed by atoms with Crippen LogP contribution in [-0.4, -0.2) is 31.4 Å². The minimum Gasteiger partial charge on any atom is -0.455 e. The number of hydrogen-bond donors (Lipinski definition) is 1. The van der Waals surface area contributed by atoms with E-state index >= 15 is 0 Å². The summed E-state index contributed by atoms with van der Waals surface area (Å²) >= 11 is 1.41. The normalized spacial score (nSPS) is 13.9. The number of amides is 1. The Morgan fingerprint density at radius 1 is 0.943 bits per heavy atom. The molecule has 1 aliphatic carbocycles. The Balaban J connectivity index is 1.30. The molecule has 1 aliphatic rings. The second kappa shape index (κ2) is 11.2. The number of rotatable bonds is 8. The van der Waals surface area contributed by atoms with Gasteiger partial charge in [-0.3, -0.25) is 14.3 Å². The Labute approximate surface area is 209 Å². The van der Waals surface area contributed by atoms with Gasteiger partial charge in [0.05, 0.1) is 11.4 Å². The lowest BCUT2D eigenvalue weighted by atomic mass is 9.95. The molecule has 0 aliphatic heterocycles. The molecule has 1 amide bonds. The SMILES string of the molecule is O=C(CSc1nnc(-c2ccncc2)n1C1CCCCC1)Nc1ccccc1Oc1ccccc1. The van der Waals surface area contributed by atoms with Crippen LogP contribution in [0, 0.1) is 0 Å². The van der Waals surface area contributed by atoms with Gasteiger partial charge in [0.1, 0.15) is 5.75 Å². The number of carbonyl (C=O) groups is 1. The number of nitrogens with zero attached hydrogens (tertiary/aromatic N) is 4. The van der Waals surface area contributed by atoms with Crippen LogP contribution in [0.25, 0.3) is 11.4 Å². The lowest BCUT2D eigenvalue weighted by Crippen LogP contribution is -2.17. The summed E-state index contributed by atoms with van der Waals surface area (Å²) < 4.78 is 8.19. The predicted molar refractivity (Wildman–Crippen MR) is 138 cm³/mol. The monoisotopic (exact) mass is 485 g/mol. The van der Waals surface area contributed by atoms with Gasteiger partial charge in [0.25, 0.3) is 0 Å². The maximum absolute atomic E-state index is 12.9. The van der Waals surface area contributed by atoms with E-state index in [9.17, 15) is 4.79 Å². The van der Waals surface area contributed by atoms with Crippen LogP contribution < -0.4 is 10.1 Å². The molecule has 8 heteroatoms. The summed E-state index contributed by atoms with van der Waals surface area (Å²) in [6.07, 6.45) is 9.39. The van der Waals surface area contributed by atoms with Gasteiger partial charge in [-0.25, -0.2) is 0 Å². The van der Waals surface area contributed by atoms with Gasteiger partial charge in [0.2, 0.25) is 5.91 Å². The molecule has 0 saturated heterocycles. The van der Waals surface area contributed by atoms with E-state index in [0.29, 0.717) is 23.2 Å². The summed E-state index contributed by atoms with van der Waals surface area (Å²) in [5, 5.41) is 12.7. The number of anilines is 1. The minimum absolute atomic E-state index is 0.122. The van der Waals surface area contributed by atoms with Gasteiger partial charge in [-0.15, -0.1) is 10.2 Å². The number of carbonyl (C=O) groups excluding carboxylic acids is 1. The third-order valence-electron chi connectivity index (χ3n) is 6.01. The smallest absolute Gasteiger partial charge is 0.234 e. The van der Waals surface area contributed by atoms with Crippen molar-refractivity contribution in [1.82, 2.24) is 19.7 Å². The first-order valence-electron chi connectivity index (χ1n) is 11.9. The fourth-order valence-corrected chi connectivity index (χ4v) is 5.14. The second-order valence-electron chi connectivity index (χ2n) is 8.45. The van der Waals surface area contributed by atoms with Crippen LogP contribution >= 0.6 is 11.8 Å². The van der Waals surface area contributed by atoms with Gasteiger partial charge >= 0.3 is 0 Å². The Bertz CT molecular complexity index is 1260. The summed E-state index contributed by atoms with van der Waals surface area (Å²) in [6, 6.07) is 21.2. The number of benzene rings is 2. The zero-order valence-electron chi connectivity index (χ0n) is 19.3. The first kappa shape index (κ1) is 23.1. The van der Waals surface area contributed by atoms with Gasteiger partial charge < -0.3 is 10.1 Å². The molecule has 0 bridgehead atoms. The summed E-state index contributed by atoms with van der Waals surface area (Å²) in [4.78, 5) is 17.0. The molecule has 4 aromatic rings. The number of ether oxygens (including phenoxy) is 1. The summed E-state index contributed by atoms with van der Waals surface area (Å²) in [6.45, 7) is 0. The fraction of sp³-hybridized carbons (Fsp3) is 0.259. The van der Waals surface area contributed by atoms with Crippen molar-refractivity contribution in [2.75, 3.05) is 11.1 Å². The van der Waals surface area contributed by atoms with E-state index in [4.69, 9.17) is 4.74 Å². The molecule has 2 aromatic heterocycles. The van der Waals surface area contributed by atoms with Crippen molar-refractivity contribution in [2.24, 2.45) is 0 Å². The lowest BCUT2D eigenvalue weighted by molar-refractivity contribution is -0.113. The zero-order valence-corrected chi connectivity index (χ0v) is 20.2. The first-order chi connectivity index (χ1) is 17.3. The molecule has 2 heterocycles. The Hall–Kier alpha value is -3.65. The maximum atomic E-state index is 12.9. The van der Waals surface area contributed by atoms with Gasteiger partial charge in [-0.05, 0) is 49.2 Å². The second-order valence-corrected chi connectivity index (χ2v) is 9.39. The third kappa shape index (κ3) is 5.71. The molecule has 2 aromatic carbocycles. The van der Waals surface area contributed by atoms with Crippen LogP contribution in [-0.2, 0) is 4.79 Å². The minimum atomic E-state index is -0.122.